The molecule has 2 aliphatic rings. The van der Waals surface area contributed by atoms with Crippen LogP contribution in [0.1, 0.15) is 30.7 Å². The Morgan fingerprint density at radius 2 is 2.26 bits per heavy atom. The Morgan fingerprint density at radius 1 is 1.47 bits per heavy atom. The molecule has 0 spiro atoms. The Balaban J connectivity index is 1.53. The summed E-state index contributed by atoms with van der Waals surface area (Å²) in [5.41, 5.74) is 1.13. The van der Waals surface area contributed by atoms with Crippen molar-refractivity contribution in [1.82, 2.24) is 5.32 Å². The minimum Gasteiger partial charge on any atom is -0.396 e. The first-order valence-corrected chi connectivity index (χ1v) is 7.15. The smallest absolute Gasteiger partial charge is 0.223 e. The SMILES string of the molecule is O=C(NCC1(CO)CC1)C1CC1c1cccc(Cl)c1. The highest BCUT2D eigenvalue weighted by atomic mass is 35.5. The molecule has 2 unspecified atom stereocenters. The Kier molecular flexibility index (Phi) is 3.27. The van der Waals surface area contributed by atoms with Gasteiger partial charge in [0.05, 0.1) is 6.61 Å². The maximum atomic E-state index is 12.0. The Morgan fingerprint density at radius 3 is 2.89 bits per heavy atom. The zero-order valence-electron chi connectivity index (χ0n) is 10.7. The first-order chi connectivity index (χ1) is 9.13. The molecular weight excluding hydrogens is 262 g/mol. The van der Waals surface area contributed by atoms with E-state index in [1.54, 1.807) is 0 Å². The second-order valence-electron chi connectivity index (χ2n) is 5.88. The van der Waals surface area contributed by atoms with Crippen molar-refractivity contribution in [3.8, 4) is 0 Å². The summed E-state index contributed by atoms with van der Waals surface area (Å²) in [6.45, 7) is 0.788. The van der Waals surface area contributed by atoms with Crippen molar-refractivity contribution in [1.29, 1.82) is 0 Å². The normalized spacial score (nSPS) is 26.8. The number of nitrogens with one attached hydrogen (secondary N) is 1. The summed E-state index contributed by atoms with van der Waals surface area (Å²) in [5, 5.41) is 12.9. The monoisotopic (exact) mass is 279 g/mol. The highest BCUT2D eigenvalue weighted by molar-refractivity contribution is 6.30. The topological polar surface area (TPSA) is 49.3 Å². The van der Waals surface area contributed by atoms with Crippen molar-refractivity contribution in [3.63, 3.8) is 0 Å². The van der Waals surface area contributed by atoms with Gasteiger partial charge in [-0.2, -0.15) is 0 Å². The molecule has 0 radical (unpaired) electrons. The average molecular weight is 280 g/mol. The van der Waals surface area contributed by atoms with Gasteiger partial charge in [0.25, 0.3) is 0 Å². The maximum absolute atomic E-state index is 12.0. The summed E-state index contributed by atoms with van der Waals surface area (Å²) in [4.78, 5) is 12.0. The molecule has 2 N–H and O–H groups in total. The van der Waals surface area contributed by atoms with E-state index in [4.69, 9.17) is 11.6 Å². The number of carbonyl (C=O) groups is 1. The molecule has 0 aromatic heterocycles. The summed E-state index contributed by atoms with van der Waals surface area (Å²) in [7, 11) is 0. The summed E-state index contributed by atoms with van der Waals surface area (Å²) in [5.74, 6) is 0.501. The molecule has 0 aliphatic heterocycles. The van der Waals surface area contributed by atoms with E-state index in [2.05, 4.69) is 5.32 Å². The quantitative estimate of drug-likeness (QED) is 0.869. The van der Waals surface area contributed by atoms with Crippen LogP contribution in [0.25, 0.3) is 0 Å². The van der Waals surface area contributed by atoms with Crippen LogP contribution in [0.4, 0.5) is 0 Å². The number of aliphatic hydroxyl groups is 1. The number of rotatable bonds is 5. The van der Waals surface area contributed by atoms with Gasteiger partial charge in [-0.05, 0) is 42.9 Å². The molecule has 2 atom stereocenters. The Bertz CT molecular complexity index is 499. The van der Waals surface area contributed by atoms with Gasteiger partial charge < -0.3 is 10.4 Å². The van der Waals surface area contributed by atoms with Crippen LogP contribution < -0.4 is 5.32 Å². The zero-order chi connectivity index (χ0) is 13.5. The molecule has 1 aromatic carbocycles. The van der Waals surface area contributed by atoms with Gasteiger partial charge in [-0.15, -0.1) is 0 Å². The third kappa shape index (κ3) is 2.77. The largest absolute Gasteiger partial charge is 0.396 e. The predicted molar refractivity (Wildman–Crippen MR) is 74.1 cm³/mol. The highest BCUT2D eigenvalue weighted by Gasteiger charge is 2.46. The van der Waals surface area contributed by atoms with Crippen LogP contribution in [0.3, 0.4) is 0 Å². The summed E-state index contributed by atoms with van der Waals surface area (Å²) >= 11 is 5.96. The number of carbonyl (C=O) groups excluding carboxylic acids is 1. The second kappa shape index (κ2) is 4.80. The fraction of sp³-hybridized carbons (Fsp3) is 0.533. The number of halogens is 1. The minimum absolute atomic E-state index is 0.0178. The van der Waals surface area contributed by atoms with Crippen LogP contribution in [-0.2, 0) is 4.79 Å². The molecule has 1 amide bonds. The summed E-state index contributed by atoms with van der Waals surface area (Å²) in [6.07, 6.45) is 2.94. The van der Waals surface area contributed by atoms with Gasteiger partial charge in [0.1, 0.15) is 0 Å². The van der Waals surface area contributed by atoms with E-state index in [9.17, 15) is 9.90 Å². The van der Waals surface area contributed by atoms with Crippen molar-refractivity contribution in [2.45, 2.75) is 25.2 Å². The third-order valence-corrected chi connectivity index (χ3v) is 4.57. The van der Waals surface area contributed by atoms with Crippen LogP contribution in [0, 0.1) is 11.3 Å². The van der Waals surface area contributed by atoms with E-state index in [1.807, 2.05) is 24.3 Å². The van der Waals surface area contributed by atoms with E-state index in [0.29, 0.717) is 12.5 Å². The molecule has 2 fully saturated rings. The minimum atomic E-state index is -0.0178. The van der Waals surface area contributed by atoms with Gasteiger partial charge in [0.15, 0.2) is 0 Å². The molecule has 3 rings (SSSR count). The van der Waals surface area contributed by atoms with E-state index in [-0.39, 0.29) is 23.8 Å². The van der Waals surface area contributed by atoms with E-state index in [0.717, 1.165) is 29.8 Å². The number of hydrogen-bond acceptors (Lipinski definition) is 2. The number of benzene rings is 1. The molecular formula is C15H18ClNO2. The second-order valence-corrected chi connectivity index (χ2v) is 6.32. The molecule has 0 heterocycles. The lowest BCUT2D eigenvalue weighted by Crippen LogP contribution is -2.33. The van der Waals surface area contributed by atoms with Crippen LogP contribution in [0.2, 0.25) is 5.02 Å². The third-order valence-electron chi connectivity index (χ3n) is 4.33. The van der Waals surface area contributed by atoms with Crippen molar-refractivity contribution in [2.24, 2.45) is 11.3 Å². The van der Waals surface area contributed by atoms with Crippen LogP contribution in [0.5, 0.6) is 0 Å². The summed E-state index contributed by atoms with van der Waals surface area (Å²) < 4.78 is 0. The van der Waals surface area contributed by atoms with Crippen molar-refractivity contribution in [3.05, 3.63) is 34.9 Å². The molecule has 0 bridgehead atoms. The fourth-order valence-corrected chi connectivity index (χ4v) is 2.76. The molecule has 2 saturated carbocycles. The van der Waals surface area contributed by atoms with Crippen LogP contribution in [-0.4, -0.2) is 24.2 Å². The van der Waals surface area contributed by atoms with Crippen molar-refractivity contribution in [2.75, 3.05) is 13.2 Å². The molecule has 4 heteroatoms. The number of amides is 1. The van der Waals surface area contributed by atoms with Crippen molar-refractivity contribution >= 4 is 17.5 Å². The lowest BCUT2D eigenvalue weighted by atomic mass is 10.1. The Hall–Kier alpha value is -1.06. The molecule has 0 saturated heterocycles. The molecule has 19 heavy (non-hydrogen) atoms. The van der Waals surface area contributed by atoms with Gasteiger partial charge in [-0.25, -0.2) is 0 Å². The van der Waals surface area contributed by atoms with E-state index in [1.165, 1.54) is 0 Å². The lowest BCUT2D eigenvalue weighted by molar-refractivity contribution is -0.122. The Labute approximate surface area is 118 Å². The molecule has 1 aromatic rings. The fourth-order valence-electron chi connectivity index (χ4n) is 2.56. The van der Waals surface area contributed by atoms with Crippen molar-refractivity contribution < 1.29 is 9.90 Å². The maximum Gasteiger partial charge on any atom is 0.223 e. The van der Waals surface area contributed by atoms with Gasteiger partial charge in [0.2, 0.25) is 5.91 Å². The predicted octanol–water partition coefficient (Wildman–Crippen LogP) is 2.33. The molecule has 2 aliphatic carbocycles. The van der Waals surface area contributed by atoms with Gasteiger partial charge in [-0.1, -0.05) is 23.7 Å². The zero-order valence-corrected chi connectivity index (χ0v) is 11.5. The van der Waals surface area contributed by atoms with Gasteiger partial charge in [-0.3, -0.25) is 4.79 Å². The number of hydrogen-bond donors (Lipinski definition) is 2. The lowest BCUT2D eigenvalue weighted by Gasteiger charge is -2.12. The van der Waals surface area contributed by atoms with E-state index >= 15 is 0 Å². The van der Waals surface area contributed by atoms with Gasteiger partial charge >= 0.3 is 0 Å². The standard InChI is InChI=1S/C15H18ClNO2/c16-11-3-1-2-10(6-11)12-7-13(12)14(19)17-8-15(9-18)4-5-15/h1-3,6,12-13,18H,4-5,7-9H2,(H,17,19). The van der Waals surface area contributed by atoms with Gasteiger partial charge in [0, 0.05) is 22.9 Å². The molecule has 3 nitrogen and oxygen atoms in total. The average Bonchev–Trinajstić information content (AvgIpc) is 3.30. The molecule has 102 valence electrons. The summed E-state index contributed by atoms with van der Waals surface area (Å²) in [6, 6.07) is 7.74. The first kappa shape index (κ1) is 12.9. The van der Waals surface area contributed by atoms with Crippen LogP contribution >= 0.6 is 11.6 Å². The first-order valence-electron chi connectivity index (χ1n) is 6.78. The van der Waals surface area contributed by atoms with Crippen LogP contribution in [0.15, 0.2) is 24.3 Å². The van der Waals surface area contributed by atoms with E-state index < -0.39 is 0 Å². The highest BCUT2D eigenvalue weighted by Crippen LogP contribution is 2.49. The number of aliphatic hydroxyl groups excluding tert-OH is 1.